The van der Waals surface area contributed by atoms with E-state index in [1.54, 1.807) is 11.8 Å². The van der Waals surface area contributed by atoms with Gasteiger partial charge in [-0.3, -0.25) is 0 Å². The second kappa shape index (κ2) is 5.50. The molecule has 0 saturated carbocycles. The van der Waals surface area contributed by atoms with Gasteiger partial charge in [-0.1, -0.05) is 31.5 Å². The van der Waals surface area contributed by atoms with Crippen molar-refractivity contribution in [3.05, 3.63) is 30.3 Å². The van der Waals surface area contributed by atoms with Gasteiger partial charge in [-0.2, -0.15) is 0 Å². The van der Waals surface area contributed by atoms with Crippen molar-refractivity contribution < 1.29 is 0 Å². The van der Waals surface area contributed by atoms with Crippen molar-refractivity contribution in [2.45, 2.75) is 29.4 Å². The predicted octanol–water partition coefficient (Wildman–Crippen LogP) is 4.14. The van der Waals surface area contributed by atoms with Crippen molar-refractivity contribution in [3.8, 4) is 0 Å². The highest BCUT2D eigenvalue weighted by atomic mass is 35.5. The molecule has 0 aliphatic heterocycles. The molecule has 1 rings (SSSR count). The maximum atomic E-state index is 6.08. The molecule has 0 spiro atoms. The Morgan fingerprint density at radius 1 is 1.33 bits per heavy atom. The molecule has 1 unspecified atom stereocenters. The molecule has 0 bridgehead atoms. The lowest BCUT2D eigenvalue weighted by Gasteiger charge is -2.06. The zero-order chi connectivity index (χ0) is 8.81. The van der Waals surface area contributed by atoms with Gasteiger partial charge in [-0.25, -0.2) is 0 Å². The fourth-order valence-electron chi connectivity index (χ4n) is 0.933. The first kappa shape index (κ1) is 9.94. The fourth-order valence-corrected chi connectivity index (χ4v) is 2.42. The average molecular weight is 201 g/mol. The first-order chi connectivity index (χ1) is 5.83. The SMILES string of the molecule is CCCC(Cl)Sc1ccccc1. The summed E-state index contributed by atoms with van der Waals surface area (Å²) in [4.78, 5) is 1.26. The minimum Gasteiger partial charge on any atom is -0.111 e. The van der Waals surface area contributed by atoms with Crippen LogP contribution in [0.15, 0.2) is 35.2 Å². The summed E-state index contributed by atoms with van der Waals surface area (Å²) < 4.78 is 0.220. The minimum atomic E-state index is 0.220. The zero-order valence-corrected chi connectivity index (χ0v) is 8.74. The maximum absolute atomic E-state index is 6.08. The molecule has 12 heavy (non-hydrogen) atoms. The van der Waals surface area contributed by atoms with Crippen LogP contribution in [0.25, 0.3) is 0 Å². The first-order valence-corrected chi connectivity index (χ1v) is 5.50. The number of benzene rings is 1. The van der Waals surface area contributed by atoms with Crippen LogP contribution in [0.2, 0.25) is 0 Å². The van der Waals surface area contributed by atoms with Crippen LogP contribution in [0.4, 0.5) is 0 Å². The van der Waals surface area contributed by atoms with E-state index in [2.05, 4.69) is 19.1 Å². The van der Waals surface area contributed by atoms with Crippen LogP contribution in [-0.4, -0.2) is 4.71 Å². The molecular weight excluding hydrogens is 188 g/mol. The Morgan fingerprint density at radius 3 is 2.58 bits per heavy atom. The highest BCUT2D eigenvalue weighted by Gasteiger charge is 2.03. The lowest BCUT2D eigenvalue weighted by Crippen LogP contribution is -1.89. The Labute approximate surface area is 83.3 Å². The topological polar surface area (TPSA) is 0 Å². The number of rotatable bonds is 4. The molecule has 0 aliphatic carbocycles. The number of hydrogen-bond acceptors (Lipinski definition) is 1. The van der Waals surface area contributed by atoms with E-state index in [0.717, 1.165) is 12.8 Å². The van der Waals surface area contributed by atoms with Gasteiger partial charge in [0.2, 0.25) is 0 Å². The molecule has 0 saturated heterocycles. The first-order valence-electron chi connectivity index (χ1n) is 4.18. The monoisotopic (exact) mass is 200 g/mol. The van der Waals surface area contributed by atoms with Gasteiger partial charge in [-0.15, -0.1) is 23.4 Å². The lowest BCUT2D eigenvalue weighted by atomic mass is 10.4. The molecule has 0 fully saturated rings. The van der Waals surface area contributed by atoms with Crippen LogP contribution < -0.4 is 0 Å². The Hall–Kier alpha value is -0.140. The van der Waals surface area contributed by atoms with Crippen LogP contribution in [0, 0.1) is 0 Å². The molecular formula is C10H13ClS. The second-order valence-electron chi connectivity index (χ2n) is 2.63. The molecule has 1 aromatic rings. The molecule has 0 nitrogen and oxygen atoms in total. The Bertz CT molecular complexity index is 210. The third-order valence-electron chi connectivity index (χ3n) is 1.52. The molecule has 0 N–H and O–H groups in total. The van der Waals surface area contributed by atoms with Crippen molar-refractivity contribution in [1.82, 2.24) is 0 Å². The molecule has 0 heterocycles. The van der Waals surface area contributed by atoms with Crippen molar-refractivity contribution in [1.29, 1.82) is 0 Å². The van der Waals surface area contributed by atoms with E-state index in [1.807, 2.05) is 18.2 Å². The Balaban J connectivity index is 2.41. The van der Waals surface area contributed by atoms with Gasteiger partial charge in [0.15, 0.2) is 0 Å². The van der Waals surface area contributed by atoms with E-state index >= 15 is 0 Å². The van der Waals surface area contributed by atoms with Gasteiger partial charge in [0, 0.05) is 4.90 Å². The van der Waals surface area contributed by atoms with Crippen molar-refractivity contribution in [3.63, 3.8) is 0 Å². The highest BCUT2D eigenvalue weighted by molar-refractivity contribution is 8.01. The summed E-state index contributed by atoms with van der Waals surface area (Å²) in [5.41, 5.74) is 0. The van der Waals surface area contributed by atoms with Crippen LogP contribution >= 0.6 is 23.4 Å². The predicted molar refractivity (Wildman–Crippen MR) is 56.8 cm³/mol. The number of alkyl halides is 1. The summed E-state index contributed by atoms with van der Waals surface area (Å²) in [6, 6.07) is 10.3. The number of hydrogen-bond donors (Lipinski definition) is 0. The van der Waals surface area contributed by atoms with E-state index in [9.17, 15) is 0 Å². The van der Waals surface area contributed by atoms with E-state index in [-0.39, 0.29) is 4.71 Å². The maximum Gasteiger partial charge on any atom is 0.0835 e. The standard InChI is InChI=1S/C10H13ClS/c1-2-6-10(11)12-9-7-4-3-5-8-9/h3-5,7-8,10H,2,6H2,1H3. The van der Waals surface area contributed by atoms with E-state index in [1.165, 1.54) is 4.90 Å². The second-order valence-corrected chi connectivity index (χ2v) is 4.69. The van der Waals surface area contributed by atoms with Gasteiger partial charge in [-0.05, 0) is 18.6 Å². The van der Waals surface area contributed by atoms with Gasteiger partial charge in [0.1, 0.15) is 0 Å². The molecule has 0 aliphatic rings. The molecule has 2 heteroatoms. The average Bonchev–Trinajstić information content (AvgIpc) is 2.06. The van der Waals surface area contributed by atoms with Crippen molar-refractivity contribution in [2.24, 2.45) is 0 Å². The van der Waals surface area contributed by atoms with Crippen LogP contribution in [0.5, 0.6) is 0 Å². The summed E-state index contributed by atoms with van der Waals surface area (Å²) in [7, 11) is 0. The third kappa shape index (κ3) is 3.51. The number of halogens is 1. The van der Waals surface area contributed by atoms with Gasteiger partial charge in [0.25, 0.3) is 0 Å². The molecule has 0 radical (unpaired) electrons. The van der Waals surface area contributed by atoms with Crippen molar-refractivity contribution >= 4 is 23.4 Å². The van der Waals surface area contributed by atoms with Crippen LogP contribution in [-0.2, 0) is 0 Å². The summed E-state index contributed by atoms with van der Waals surface area (Å²) >= 11 is 7.81. The van der Waals surface area contributed by atoms with Gasteiger partial charge < -0.3 is 0 Å². The molecule has 1 aromatic carbocycles. The van der Waals surface area contributed by atoms with E-state index < -0.39 is 0 Å². The lowest BCUT2D eigenvalue weighted by molar-refractivity contribution is 0.864. The minimum absolute atomic E-state index is 0.220. The Morgan fingerprint density at radius 2 is 2.00 bits per heavy atom. The van der Waals surface area contributed by atoms with Gasteiger partial charge in [0.05, 0.1) is 4.71 Å². The zero-order valence-electron chi connectivity index (χ0n) is 7.16. The largest absolute Gasteiger partial charge is 0.111 e. The third-order valence-corrected chi connectivity index (χ3v) is 3.04. The fraction of sp³-hybridized carbons (Fsp3) is 0.400. The highest BCUT2D eigenvalue weighted by Crippen LogP contribution is 2.28. The van der Waals surface area contributed by atoms with Crippen LogP contribution in [0.1, 0.15) is 19.8 Å². The summed E-state index contributed by atoms with van der Waals surface area (Å²) in [6.07, 6.45) is 2.22. The van der Waals surface area contributed by atoms with Crippen LogP contribution in [0.3, 0.4) is 0 Å². The Kier molecular flexibility index (Phi) is 4.55. The smallest absolute Gasteiger partial charge is 0.0835 e. The number of thioether (sulfide) groups is 1. The molecule has 66 valence electrons. The summed E-state index contributed by atoms with van der Waals surface area (Å²) in [5, 5.41) is 0. The van der Waals surface area contributed by atoms with Gasteiger partial charge >= 0.3 is 0 Å². The molecule has 0 aromatic heterocycles. The molecule has 0 amide bonds. The van der Waals surface area contributed by atoms with E-state index in [4.69, 9.17) is 11.6 Å². The normalized spacial score (nSPS) is 12.8. The molecule has 1 atom stereocenters. The summed E-state index contributed by atoms with van der Waals surface area (Å²) in [6.45, 7) is 2.15. The van der Waals surface area contributed by atoms with Crippen molar-refractivity contribution in [2.75, 3.05) is 0 Å². The summed E-state index contributed by atoms with van der Waals surface area (Å²) in [5.74, 6) is 0. The van der Waals surface area contributed by atoms with E-state index in [0.29, 0.717) is 0 Å². The quantitative estimate of drug-likeness (QED) is 0.520.